The first kappa shape index (κ1) is 19.6. The van der Waals surface area contributed by atoms with E-state index in [0.717, 1.165) is 42.9 Å². The lowest BCUT2D eigenvalue weighted by atomic mass is 9.97. The van der Waals surface area contributed by atoms with Crippen LogP contribution in [0.1, 0.15) is 56.5 Å². The standard InChI is InChI=1S/C22H29N5O2/c1-15(16-7-5-4-6-8-16)24-21(28)27-14-19-18(22(27,2)3)13-23-20(26-19)25-17-9-11-29-12-10-17/h4-8,13,15,17H,9-12,14H2,1-3H3,(H,24,28)(H,23,25,26). The number of nitrogens with zero attached hydrogens (tertiary/aromatic N) is 3. The number of rotatable bonds is 4. The molecule has 0 aliphatic carbocycles. The Morgan fingerprint density at radius 2 is 1.97 bits per heavy atom. The Bertz CT molecular complexity index is 865. The van der Waals surface area contributed by atoms with Gasteiger partial charge < -0.3 is 20.3 Å². The molecule has 29 heavy (non-hydrogen) atoms. The Morgan fingerprint density at radius 1 is 1.24 bits per heavy atom. The monoisotopic (exact) mass is 395 g/mol. The maximum Gasteiger partial charge on any atom is 0.318 e. The molecule has 2 aliphatic rings. The van der Waals surface area contributed by atoms with E-state index in [1.165, 1.54) is 0 Å². The number of aromatic nitrogens is 2. The van der Waals surface area contributed by atoms with Crippen molar-refractivity contribution in [2.45, 2.75) is 57.8 Å². The van der Waals surface area contributed by atoms with Gasteiger partial charge >= 0.3 is 6.03 Å². The fraction of sp³-hybridized carbons (Fsp3) is 0.500. The molecule has 1 fully saturated rings. The number of anilines is 1. The van der Waals surface area contributed by atoms with Gasteiger partial charge in [0.15, 0.2) is 0 Å². The number of nitrogens with one attached hydrogen (secondary N) is 2. The minimum Gasteiger partial charge on any atom is -0.381 e. The van der Waals surface area contributed by atoms with Gasteiger partial charge in [-0.05, 0) is 39.2 Å². The molecule has 2 N–H and O–H groups in total. The minimum absolute atomic E-state index is 0.0694. The topological polar surface area (TPSA) is 79.4 Å². The van der Waals surface area contributed by atoms with Crippen LogP contribution in [0.3, 0.4) is 0 Å². The normalized spacial score (nSPS) is 19.5. The minimum atomic E-state index is -0.465. The third-order valence-corrected chi connectivity index (χ3v) is 5.95. The van der Waals surface area contributed by atoms with Crippen molar-refractivity contribution in [3.05, 3.63) is 53.3 Å². The summed E-state index contributed by atoms with van der Waals surface area (Å²) in [5.74, 6) is 0.631. The average Bonchev–Trinajstić information content (AvgIpc) is 2.99. The largest absolute Gasteiger partial charge is 0.381 e. The van der Waals surface area contributed by atoms with Gasteiger partial charge in [-0.15, -0.1) is 0 Å². The van der Waals surface area contributed by atoms with Crippen molar-refractivity contribution in [3.63, 3.8) is 0 Å². The number of amides is 2. The molecule has 7 nitrogen and oxygen atoms in total. The molecule has 3 heterocycles. The number of benzene rings is 1. The second-order valence-corrected chi connectivity index (χ2v) is 8.31. The zero-order valence-corrected chi connectivity index (χ0v) is 17.3. The molecule has 7 heteroatoms. The van der Waals surface area contributed by atoms with Crippen LogP contribution in [0.4, 0.5) is 10.7 Å². The summed E-state index contributed by atoms with van der Waals surface area (Å²) in [6.45, 7) is 8.09. The van der Waals surface area contributed by atoms with Gasteiger partial charge in [0.2, 0.25) is 5.95 Å². The summed E-state index contributed by atoms with van der Waals surface area (Å²) in [4.78, 5) is 24.1. The van der Waals surface area contributed by atoms with Gasteiger partial charge in [-0.1, -0.05) is 30.3 Å². The summed E-state index contributed by atoms with van der Waals surface area (Å²) >= 11 is 0. The summed E-state index contributed by atoms with van der Waals surface area (Å²) < 4.78 is 5.41. The molecule has 0 bridgehead atoms. The first-order chi connectivity index (χ1) is 13.9. The molecular formula is C22H29N5O2. The molecule has 0 spiro atoms. The van der Waals surface area contributed by atoms with E-state index in [4.69, 9.17) is 9.72 Å². The SMILES string of the molecule is CC(NC(=O)N1Cc2nc(NC3CCOCC3)ncc2C1(C)C)c1ccccc1. The van der Waals surface area contributed by atoms with Crippen molar-refractivity contribution in [3.8, 4) is 0 Å². The first-order valence-electron chi connectivity index (χ1n) is 10.3. The number of hydrogen-bond acceptors (Lipinski definition) is 5. The summed E-state index contributed by atoms with van der Waals surface area (Å²) in [7, 11) is 0. The van der Waals surface area contributed by atoms with Crippen LogP contribution in [0.2, 0.25) is 0 Å². The number of urea groups is 1. The molecule has 0 saturated carbocycles. The molecule has 2 aliphatic heterocycles. The molecule has 2 aromatic rings. The highest BCUT2D eigenvalue weighted by molar-refractivity contribution is 5.77. The van der Waals surface area contributed by atoms with Crippen LogP contribution in [0.15, 0.2) is 36.5 Å². The summed E-state index contributed by atoms with van der Waals surface area (Å²) in [5.41, 5.74) is 2.52. The van der Waals surface area contributed by atoms with E-state index in [0.29, 0.717) is 18.5 Å². The van der Waals surface area contributed by atoms with Crippen LogP contribution in [-0.2, 0) is 16.8 Å². The van der Waals surface area contributed by atoms with E-state index in [2.05, 4.69) is 15.6 Å². The van der Waals surface area contributed by atoms with Gasteiger partial charge in [-0.3, -0.25) is 0 Å². The molecule has 1 unspecified atom stereocenters. The zero-order valence-electron chi connectivity index (χ0n) is 17.3. The van der Waals surface area contributed by atoms with Crippen LogP contribution < -0.4 is 10.6 Å². The Labute approximate surface area is 171 Å². The van der Waals surface area contributed by atoms with E-state index >= 15 is 0 Å². The molecule has 1 atom stereocenters. The smallest absolute Gasteiger partial charge is 0.318 e. The lowest BCUT2D eigenvalue weighted by Gasteiger charge is -2.33. The Hall–Kier alpha value is -2.67. The highest BCUT2D eigenvalue weighted by Crippen LogP contribution is 2.38. The van der Waals surface area contributed by atoms with Crippen LogP contribution in [0, 0.1) is 0 Å². The van der Waals surface area contributed by atoms with E-state index < -0.39 is 5.54 Å². The number of carbonyl (C=O) groups is 1. The van der Waals surface area contributed by atoms with Crippen molar-refractivity contribution in [1.29, 1.82) is 0 Å². The zero-order chi connectivity index (χ0) is 20.4. The lowest BCUT2D eigenvalue weighted by Crippen LogP contribution is -2.46. The summed E-state index contributed by atoms with van der Waals surface area (Å²) in [6.07, 6.45) is 3.77. The van der Waals surface area contributed by atoms with Crippen LogP contribution in [0.5, 0.6) is 0 Å². The van der Waals surface area contributed by atoms with Crippen molar-refractivity contribution >= 4 is 12.0 Å². The third-order valence-electron chi connectivity index (χ3n) is 5.95. The van der Waals surface area contributed by atoms with Gasteiger partial charge in [-0.25, -0.2) is 14.8 Å². The average molecular weight is 396 g/mol. The third kappa shape index (κ3) is 4.05. The van der Waals surface area contributed by atoms with Gasteiger partial charge in [0, 0.05) is 31.0 Å². The van der Waals surface area contributed by atoms with Crippen molar-refractivity contribution in [2.24, 2.45) is 0 Å². The molecule has 1 aromatic carbocycles. The second-order valence-electron chi connectivity index (χ2n) is 8.31. The van der Waals surface area contributed by atoms with Crippen LogP contribution in [0.25, 0.3) is 0 Å². The van der Waals surface area contributed by atoms with Gasteiger partial charge in [0.25, 0.3) is 0 Å². The van der Waals surface area contributed by atoms with Crippen LogP contribution >= 0.6 is 0 Å². The van der Waals surface area contributed by atoms with E-state index in [1.54, 1.807) is 0 Å². The Kier molecular flexibility index (Phi) is 5.41. The van der Waals surface area contributed by atoms with Crippen molar-refractivity contribution in [1.82, 2.24) is 20.2 Å². The molecule has 154 valence electrons. The second kappa shape index (κ2) is 7.99. The molecular weight excluding hydrogens is 366 g/mol. The quantitative estimate of drug-likeness (QED) is 0.827. The predicted octanol–water partition coefficient (Wildman–Crippen LogP) is 3.59. The van der Waals surface area contributed by atoms with E-state index in [-0.39, 0.29) is 12.1 Å². The highest BCUT2D eigenvalue weighted by atomic mass is 16.5. The van der Waals surface area contributed by atoms with E-state index in [1.807, 2.05) is 62.2 Å². The van der Waals surface area contributed by atoms with Gasteiger partial charge in [0.1, 0.15) is 0 Å². The maximum absolute atomic E-state index is 13.1. The van der Waals surface area contributed by atoms with Crippen molar-refractivity contribution < 1.29 is 9.53 Å². The Morgan fingerprint density at radius 3 is 2.69 bits per heavy atom. The molecule has 2 amide bonds. The number of fused-ring (bicyclic) bond motifs is 1. The predicted molar refractivity (Wildman–Crippen MR) is 111 cm³/mol. The summed E-state index contributed by atoms with van der Waals surface area (Å²) in [5, 5.41) is 6.53. The van der Waals surface area contributed by atoms with Gasteiger partial charge in [-0.2, -0.15) is 0 Å². The molecule has 0 radical (unpaired) electrons. The van der Waals surface area contributed by atoms with Crippen molar-refractivity contribution in [2.75, 3.05) is 18.5 Å². The molecule has 4 rings (SSSR count). The molecule has 1 aromatic heterocycles. The fourth-order valence-corrected chi connectivity index (χ4v) is 4.05. The highest BCUT2D eigenvalue weighted by Gasteiger charge is 2.42. The fourth-order valence-electron chi connectivity index (χ4n) is 4.05. The van der Waals surface area contributed by atoms with Crippen LogP contribution in [-0.4, -0.2) is 40.2 Å². The molecule has 1 saturated heterocycles. The summed E-state index contributed by atoms with van der Waals surface area (Å²) in [6, 6.07) is 10.2. The maximum atomic E-state index is 13.1. The first-order valence-corrected chi connectivity index (χ1v) is 10.3. The van der Waals surface area contributed by atoms with E-state index in [9.17, 15) is 4.79 Å². The number of hydrogen-bond donors (Lipinski definition) is 2. The number of carbonyl (C=O) groups excluding carboxylic acids is 1. The van der Waals surface area contributed by atoms with Gasteiger partial charge in [0.05, 0.1) is 23.8 Å². The Balaban J connectivity index is 1.46. The number of ether oxygens (including phenoxy) is 1. The lowest BCUT2D eigenvalue weighted by molar-refractivity contribution is 0.0903.